The van der Waals surface area contributed by atoms with Crippen LogP contribution < -0.4 is 16.0 Å². The van der Waals surface area contributed by atoms with Gasteiger partial charge < -0.3 is 20.7 Å². The van der Waals surface area contributed by atoms with Crippen LogP contribution in [0.3, 0.4) is 0 Å². The second kappa shape index (κ2) is 11.2. The summed E-state index contributed by atoms with van der Waals surface area (Å²) in [5.74, 6) is -0.495. The number of nitrogens with one attached hydrogen (secondary N) is 3. The summed E-state index contributed by atoms with van der Waals surface area (Å²) in [6.45, 7) is 6.05. The first-order valence-electron chi connectivity index (χ1n) is 8.61. The quantitative estimate of drug-likeness (QED) is 0.465. The van der Waals surface area contributed by atoms with E-state index in [2.05, 4.69) is 16.0 Å². The van der Waals surface area contributed by atoms with Gasteiger partial charge in [0.15, 0.2) is 0 Å². The van der Waals surface area contributed by atoms with Crippen molar-refractivity contribution >= 4 is 35.6 Å². The smallest absolute Gasteiger partial charge is 0.407 e. The van der Waals surface area contributed by atoms with Crippen LogP contribution in [0.2, 0.25) is 5.02 Å². The van der Waals surface area contributed by atoms with Crippen LogP contribution in [0.15, 0.2) is 30.3 Å². The van der Waals surface area contributed by atoms with E-state index in [9.17, 15) is 14.4 Å². The zero-order chi connectivity index (χ0) is 20.3. The van der Waals surface area contributed by atoms with Crippen molar-refractivity contribution in [1.82, 2.24) is 16.0 Å². The predicted octanol–water partition coefficient (Wildman–Crippen LogP) is 2.50. The lowest BCUT2D eigenvalue weighted by Gasteiger charge is -2.19. The van der Waals surface area contributed by atoms with E-state index in [1.54, 1.807) is 45.0 Å². The largest absolute Gasteiger partial charge is 0.444 e. The maximum Gasteiger partial charge on any atom is 0.407 e. The van der Waals surface area contributed by atoms with E-state index in [0.717, 1.165) is 5.56 Å². The van der Waals surface area contributed by atoms with E-state index >= 15 is 0 Å². The molecule has 1 aromatic carbocycles. The van der Waals surface area contributed by atoms with Gasteiger partial charge in [0, 0.05) is 37.2 Å². The third-order valence-corrected chi connectivity index (χ3v) is 3.28. The van der Waals surface area contributed by atoms with Crippen LogP contribution in [-0.2, 0) is 14.3 Å². The molecule has 8 heteroatoms. The first-order valence-corrected chi connectivity index (χ1v) is 8.98. The molecule has 3 amide bonds. The van der Waals surface area contributed by atoms with Crippen molar-refractivity contribution in [3.8, 4) is 0 Å². The molecule has 1 rings (SSSR count). The Kier molecular flexibility index (Phi) is 9.36. The van der Waals surface area contributed by atoms with Gasteiger partial charge in [-0.15, -0.1) is 0 Å². The van der Waals surface area contributed by atoms with Crippen LogP contribution in [0.5, 0.6) is 0 Å². The summed E-state index contributed by atoms with van der Waals surface area (Å²) in [7, 11) is 0. The molecule has 0 atom stereocenters. The molecule has 0 aliphatic heterocycles. The summed E-state index contributed by atoms with van der Waals surface area (Å²) < 4.78 is 5.06. The molecule has 0 radical (unpaired) electrons. The summed E-state index contributed by atoms with van der Waals surface area (Å²) >= 11 is 5.87. The number of benzene rings is 1. The van der Waals surface area contributed by atoms with Crippen molar-refractivity contribution in [2.75, 3.05) is 19.6 Å². The Morgan fingerprint density at radius 3 is 2.44 bits per heavy atom. The third-order valence-electron chi connectivity index (χ3n) is 3.04. The number of amides is 3. The number of halogens is 1. The summed E-state index contributed by atoms with van der Waals surface area (Å²) in [6, 6.07) is 7.13. The normalized spacial score (nSPS) is 11.1. The second-order valence-corrected chi connectivity index (χ2v) is 7.14. The van der Waals surface area contributed by atoms with Gasteiger partial charge in [-0.25, -0.2) is 4.79 Å². The van der Waals surface area contributed by atoms with E-state index in [0.29, 0.717) is 18.1 Å². The number of carbonyl (C=O) groups excluding carboxylic acids is 3. The fourth-order valence-electron chi connectivity index (χ4n) is 1.91. The van der Waals surface area contributed by atoms with Gasteiger partial charge in [0.1, 0.15) is 5.60 Å². The maximum absolute atomic E-state index is 11.7. The lowest BCUT2D eigenvalue weighted by molar-refractivity contribution is -0.121. The van der Waals surface area contributed by atoms with Crippen molar-refractivity contribution in [2.45, 2.75) is 32.8 Å². The number of ether oxygens (including phenoxy) is 1. The Hall–Kier alpha value is -2.54. The Bertz CT molecular complexity index is 684. The highest BCUT2D eigenvalue weighted by Crippen LogP contribution is 2.11. The highest BCUT2D eigenvalue weighted by Gasteiger charge is 2.15. The van der Waals surface area contributed by atoms with Gasteiger partial charge in [-0.2, -0.15) is 0 Å². The minimum atomic E-state index is -0.578. The molecular weight excluding hydrogens is 370 g/mol. The predicted molar refractivity (Wildman–Crippen MR) is 105 cm³/mol. The Morgan fingerprint density at radius 2 is 1.78 bits per heavy atom. The molecule has 0 spiro atoms. The lowest BCUT2D eigenvalue weighted by Crippen LogP contribution is -2.37. The molecule has 0 aliphatic carbocycles. The van der Waals surface area contributed by atoms with Crippen LogP contribution in [0.1, 0.15) is 32.8 Å². The number of hydrogen-bond donors (Lipinski definition) is 3. The number of hydrogen-bond acceptors (Lipinski definition) is 4. The molecular formula is C19H26ClN3O4. The average Bonchev–Trinajstić information content (AvgIpc) is 2.55. The first kappa shape index (κ1) is 22.5. The van der Waals surface area contributed by atoms with E-state index in [1.807, 2.05) is 6.07 Å². The number of carbonyl (C=O) groups is 3. The number of rotatable bonds is 8. The number of alkyl carbamates (subject to hydrolysis) is 1. The molecule has 0 unspecified atom stereocenters. The average molecular weight is 396 g/mol. The molecule has 1 aromatic rings. The van der Waals surface area contributed by atoms with Crippen molar-refractivity contribution in [3.63, 3.8) is 0 Å². The van der Waals surface area contributed by atoms with Crippen LogP contribution >= 0.6 is 11.6 Å². The molecule has 0 saturated heterocycles. The van der Waals surface area contributed by atoms with Crippen LogP contribution in [0.4, 0.5) is 4.79 Å². The van der Waals surface area contributed by atoms with Crippen molar-refractivity contribution in [2.24, 2.45) is 0 Å². The lowest BCUT2D eigenvalue weighted by atomic mass is 10.2. The molecule has 27 heavy (non-hydrogen) atoms. The molecule has 148 valence electrons. The molecule has 0 heterocycles. The van der Waals surface area contributed by atoms with E-state index in [1.165, 1.54) is 6.08 Å². The highest BCUT2D eigenvalue weighted by atomic mass is 35.5. The van der Waals surface area contributed by atoms with E-state index < -0.39 is 11.7 Å². The Morgan fingerprint density at radius 1 is 1.07 bits per heavy atom. The van der Waals surface area contributed by atoms with Crippen LogP contribution in [-0.4, -0.2) is 43.1 Å². The third kappa shape index (κ3) is 11.6. The minimum absolute atomic E-state index is 0.127. The molecule has 7 nitrogen and oxygen atoms in total. The summed E-state index contributed by atoms with van der Waals surface area (Å²) in [4.78, 5) is 34.8. The van der Waals surface area contributed by atoms with Crippen molar-refractivity contribution < 1.29 is 19.1 Å². The Labute approximate surface area is 164 Å². The summed E-state index contributed by atoms with van der Waals surface area (Å²) in [5.41, 5.74) is 0.245. The zero-order valence-electron chi connectivity index (χ0n) is 15.8. The standard InChI is InChI=1S/C19H26ClN3O4/c1-19(2,3)27-18(26)23-10-9-17(25)22-12-11-21-16(24)8-7-14-5-4-6-15(20)13-14/h4-8,13H,9-12H2,1-3H3,(H,21,24)(H,22,25)(H,23,26)/b8-7+. The van der Waals surface area contributed by atoms with Crippen LogP contribution in [0.25, 0.3) is 6.08 Å². The van der Waals surface area contributed by atoms with Gasteiger partial charge in [0.2, 0.25) is 11.8 Å². The highest BCUT2D eigenvalue weighted by molar-refractivity contribution is 6.30. The van der Waals surface area contributed by atoms with Gasteiger partial charge >= 0.3 is 6.09 Å². The SMILES string of the molecule is CC(C)(C)OC(=O)NCCC(=O)NCCNC(=O)/C=C/c1cccc(Cl)c1. The first-order chi connectivity index (χ1) is 12.7. The van der Waals surface area contributed by atoms with E-state index in [4.69, 9.17) is 16.3 Å². The summed E-state index contributed by atoms with van der Waals surface area (Å²) in [6.07, 6.45) is 2.62. The van der Waals surface area contributed by atoms with Gasteiger partial charge in [0.25, 0.3) is 0 Å². The van der Waals surface area contributed by atoms with Gasteiger partial charge in [-0.3, -0.25) is 9.59 Å². The van der Waals surface area contributed by atoms with Crippen molar-refractivity contribution in [1.29, 1.82) is 0 Å². The molecule has 0 aliphatic rings. The van der Waals surface area contributed by atoms with Gasteiger partial charge in [-0.1, -0.05) is 23.7 Å². The molecule has 0 saturated carbocycles. The van der Waals surface area contributed by atoms with E-state index in [-0.39, 0.29) is 24.8 Å². The second-order valence-electron chi connectivity index (χ2n) is 6.71. The minimum Gasteiger partial charge on any atom is -0.444 e. The Balaban J connectivity index is 2.14. The fourth-order valence-corrected chi connectivity index (χ4v) is 2.11. The van der Waals surface area contributed by atoms with Crippen molar-refractivity contribution in [3.05, 3.63) is 40.9 Å². The summed E-state index contributed by atoms with van der Waals surface area (Å²) in [5, 5.41) is 8.42. The monoisotopic (exact) mass is 395 g/mol. The molecule has 0 aromatic heterocycles. The molecule has 3 N–H and O–H groups in total. The molecule has 0 bridgehead atoms. The molecule has 0 fully saturated rings. The van der Waals surface area contributed by atoms with Gasteiger partial charge in [-0.05, 0) is 44.5 Å². The maximum atomic E-state index is 11.7. The zero-order valence-corrected chi connectivity index (χ0v) is 16.6. The fraction of sp³-hybridized carbons (Fsp3) is 0.421. The van der Waals surface area contributed by atoms with Crippen LogP contribution in [0, 0.1) is 0 Å². The topological polar surface area (TPSA) is 96.5 Å². The van der Waals surface area contributed by atoms with Gasteiger partial charge in [0.05, 0.1) is 0 Å².